The number of hydrogen-bond acceptors (Lipinski definition) is 9. The van der Waals surface area contributed by atoms with Gasteiger partial charge in [-0.3, -0.25) is 25.1 Å². The topological polar surface area (TPSA) is 110 Å². The Morgan fingerprint density at radius 2 is 2.05 bits per heavy atom. The second kappa shape index (κ2) is 12.8. The minimum absolute atomic E-state index is 0.0367. The van der Waals surface area contributed by atoms with E-state index < -0.39 is 11.8 Å². The number of carbonyl (C=O) groups excluding carboxylic acids is 2. The van der Waals surface area contributed by atoms with Gasteiger partial charge in [-0.15, -0.1) is 0 Å². The summed E-state index contributed by atoms with van der Waals surface area (Å²) in [5.41, 5.74) is 1.91. The molecule has 2 N–H and O–H groups in total. The molecule has 1 amide bonds. The van der Waals surface area contributed by atoms with Crippen LogP contribution in [-0.2, 0) is 25.5 Å². The lowest BCUT2D eigenvalue weighted by molar-refractivity contribution is -0.156. The van der Waals surface area contributed by atoms with E-state index in [9.17, 15) is 14.9 Å². The predicted octanol–water partition coefficient (Wildman–Crippen LogP) is 2.18. The smallest absolute Gasteiger partial charge is 0.246 e. The fourth-order valence-corrected chi connectivity index (χ4v) is 8.47. The molecule has 0 aromatic heterocycles. The highest BCUT2D eigenvalue weighted by Gasteiger charge is 2.56. The first-order valence-corrected chi connectivity index (χ1v) is 15.9. The van der Waals surface area contributed by atoms with Crippen molar-refractivity contribution < 1.29 is 19.1 Å². The Morgan fingerprint density at radius 1 is 1.21 bits per heavy atom. The number of rotatable bonds is 7. The van der Waals surface area contributed by atoms with E-state index in [0.29, 0.717) is 38.7 Å². The number of ketones is 1. The molecular weight excluding hydrogens is 544 g/mol. The number of hydrogen-bond donors (Lipinski definition) is 2. The zero-order valence-corrected chi connectivity index (χ0v) is 25.5. The third-order valence-corrected chi connectivity index (χ3v) is 10.9. The summed E-state index contributed by atoms with van der Waals surface area (Å²) < 4.78 is 12.4. The van der Waals surface area contributed by atoms with Crippen molar-refractivity contribution in [1.29, 1.82) is 5.26 Å². The number of likely N-dealkylation sites (tertiary alicyclic amines) is 1. The van der Waals surface area contributed by atoms with Crippen molar-refractivity contribution in [2.45, 2.75) is 81.7 Å². The van der Waals surface area contributed by atoms with E-state index in [2.05, 4.69) is 58.3 Å². The molecule has 1 spiro atoms. The van der Waals surface area contributed by atoms with Crippen molar-refractivity contribution in [3.63, 3.8) is 0 Å². The van der Waals surface area contributed by atoms with E-state index in [-0.39, 0.29) is 48.4 Å². The summed E-state index contributed by atoms with van der Waals surface area (Å²) >= 11 is 0. The van der Waals surface area contributed by atoms with Gasteiger partial charge in [0, 0.05) is 44.1 Å². The number of ether oxygens (including phenoxy) is 2. The average Bonchev–Trinajstić information content (AvgIpc) is 3.45. The summed E-state index contributed by atoms with van der Waals surface area (Å²) in [6.07, 6.45) is 6.27. The first-order valence-electron chi connectivity index (χ1n) is 15.9. The molecule has 3 aliphatic heterocycles. The van der Waals surface area contributed by atoms with Crippen molar-refractivity contribution in [2.75, 3.05) is 46.9 Å². The Balaban J connectivity index is 1.26. The largest absolute Gasteiger partial charge is 0.377 e. The fourth-order valence-electron chi connectivity index (χ4n) is 8.47. The Bertz CT molecular complexity index is 1250. The molecule has 0 bridgehead atoms. The van der Waals surface area contributed by atoms with E-state index in [4.69, 9.17) is 9.47 Å². The molecule has 10 heteroatoms. The Hall–Kier alpha value is -2.65. The van der Waals surface area contributed by atoms with Crippen LogP contribution in [0.4, 0.5) is 0 Å². The summed E-state index contributed by atoms with van der Waals surface area (Å²) in [5.74, 6) is 0.153. The second-order valence-electron chi connectivity index (χ2n) is 13.1. The van der Waals surface area contributed by atoms with Crippen LogP contribution in [0.2, 0.25) is 0 Å². The van der Waals surface area contributed by atoms with Gasteiger partial charge in [0.25, 0.3) is 0 Å². The molecule has 4 fully saturated rings. The van der Waals surface area contributed by atoms with Crippen LogP contribution >= 0.6 is 0 Å². The van der Waals surface area contributed by atoms with Crippen LogP contribution in [-0.4, -0.2) is 104 Å². The van der Waals surface area contributed by atoms with E-state index in [1.54, 1.807) is 12.0 Å². The van der Waals surface area contributed by atoms with Crippen molar-refractivity contribution in [3.8, 4) is 6.07 Å². The van der Waals surface area contributed by atoms with E-state index in [1.165, 1.54) is 23.6 Å². The SMILES string of the molecule is C=CC(=O)N1CCN(C2NC(OCC3CCCN3C)NC3C(=O)[C@]4(CCC32)Cc2ccccc2C(OC)C4)CC1CC#N. The number of nitriles is 1. The van der Waals surface area contributed by atoms with Gasteiger partial charge >= 0.3 is 0 Å². The molecule has 5 aliphatic rings. The van der Waals surface area contributed by atoms with Gasteiger partial charge in [0.15, 0.2) is 12.1 Å². The standard InChI is InChI=1S/C33H46N6O4/c1-4-28(40)39-17-16-38(20-23(39)12-14-34)31-26-11-13-33(18-22-8-5-6-10-25(22)27(19-33)42-3)30(41)29(26)35-32(36-31)43-21-24-9-7-15-37(24)2/h4-6,8,10,23-24,26-27,29,31-32,35-36H,1,7,9,11-13,15-21H2,2-3H3/t23?,24?,26?,27?,29?,31?,32?,33-/m1/s1. The minimum atomic E-state index is -0.486. The summed E-state index contributed by atoms with van der Waals surface area (Å²) in [7, 11) is 3.89. The van der Waals surface area contributed by atoms with E-state index >= 15 is 0 Å². The van der Waals surface area contributed by atoms with Gasteiger partial charge in [0.1, 0.15) is 0 Å². The highest BCUT2D eigenvalue weighted by atomic mass is 16.5. The first-order chi connectivity index (χ1) is 20.9. The Morgan fingerprint density at radius 3 is 2.79 bits per heavy atom. The number of piperazine rings is 1. The zero-order chi connectivity index (χ0) is 30.1. The van der Waals surface area contributed by atoms with Crippen LogP contribution in [0.3, 0.4) is 0 Å². The molecule has 6 rings (SSSR count). The number of amides is 1. The Labute approximate surface area is 255 Å². The van der Waals surface area contributed by atoms with Gasteiger partial charge in [-0.1, -0.05) is 30.8 Å². The lowest BCUT2D eigenvalue weighted by Gasteiger charge is -2.55. The number of nitrogens with zero attached hydrogens (tertiary/aromatic N) is 4. The average molecular weight is 591 g/mol. The van der Waals surface area contributed by atoms with Crippen molar-refractivity contribution in [1.82, 2.24) is 25.3 Å². The molecule has 10 nitrogen and oxygen atoms in total. The molecular formula is C33H46N6O4. The van der Waals surface area contributed by atoms with Crippen LogP contribution < -0.4 is 10.6 Å². The maximum Gasteiger partial charge on any atom is 0.246 e. The van der Waals surface area contributed by atoms with Crippen molar-refractivity contribution in [3.05, 3.63) is 48.0 Å². The molecule has 0 radical (unpaired) electrons. The Kier molecular flexibility index (Phi) is 9.01. The fraction of sp³-hybridized carbons (Fsp3) is 0.667. The number of likely N-dealkylation sites (N-methyl/N-ethyl adjacent to an activating group) is 1. The summed E-state index contributed by atoms with van der Waals surface area (Å²) in [5, 5.41) is 16.9. The molecule has 8 atom stereocenters. The van der Waals surface area contributed by atoms with Gasteiger partial charge < -0.3 is 19.3 Å². The number of fused-ring (bicyclic) bond motifs is 2. The van der Waals surface area contributed by atoms with Crippen molar-refractivity contribution >= 4 is 11.7 Å². The molecule has 1 aromatic carbocycles. The van der Waals surface area contributed by atoms with Crippen LogP contribution in [0.15, 0.2) is 36.9 Å². The molecule has 1 aromatic rings. The maximum atomic E-state index is 14.7. The van der Waals surface area contributed by atoms with Gasteiger partial charge in [0.05, 0.1) is 43.5 Å². The van der Waals surface area contributed by atoms with E-state index in [0.717, 1.165) is 32.2 Å². The third-order valence-electron chi connectivity index (χ3n) is 10.9. The number of Topliss-reactive ketones (excluding diaryl/α,β-unsaturated/α-hetero) is 1. The van der Waals surface area contributed by atoms with Crippen molar-refractivity contribution in [2.24, 2.45) is 11.3 Å². The summed E-state index contributed by atoms with van der Waals surface area (Å²) in [4.78, 5) is 33.7. The van der Waals surface area contributed by atoms with E-state index in [1.807, 2.05) is 6.07 Å². The number of benzene rings is 1. The maximum absolute atomic E-state index is 14.7. The molecule has 43 heavy (non-hydrogen) atoms. The number of methoxy groups -OCH3 is 1. The third kappa shape index (κ3) is 5.79. The number of carbonyl (C=O) groups is 2. The zero-order valence-electron chi connectivity index (χ0n) is 25.5. The normalized spacial score (nSPS) is 36.6. The highest BCUT2D eigenvalue weighted by Crippen LogP contribution is 2.51. The first kappa shape index (κ1) is 30.4. The molecule has 3 saturated heterocycles. The molecule has 1 saturated carbocycles. The molecule has 2 aliphatic carbocycles. The van der Waals surface area contributed by atoms with Gasteiger partial charge in [-0.05, 0) is 69.3 Å². The second-order valence-corrected chi connectivity index (χ2v) is 13.1. The van der Waals surface area contributed by atoms with Crippen LogP contribution in [0.5, 0.6) is 0 Å². The van der Waals surface area contributed by atoms with Crippen LogP contribution in [0, 0.1) is 22.7 Å². The predicted molar refractivity (Wildman–Crippen MR) is 161 cm³/mol. The molecule has 3 heterocycles. The van der Waals surface area contributed by atoms with Crippen LogP contribution in [0.25, 0.3) is 0 Å². The monoisotopic (exact) mass is 590 g/mol. The van der Waals surface area contributed by atoms with Gasteiger partial charge in [-0.25, -0.2) is 0 Å². The lowest BCUT2D eigenvalue weighted by atomic mass is 9.58. The van der Waals surface area contributed by atoms with Gasteiger partial charge in [0.2, 0.25) is 5.91 Å². The minimum Gasteiger partial charge on any atom is -0.377 e. The van der Waals surface area contributed by atoms with Gasteiger partial charge in [-0.2, -0.15) is 5.26 Å². The lowest BCUT2D eigenvalue weighted by Crippen LogP contribution is -2.74. The number of nitrogens with one attached hydrogen (secondary N) is 2. The quantitative estimate of drug-likeness (QED) is 0.462. The van der Waals surface area contributed by atoms with Crippen LogP contribution in [0.1, 0.15) is 55.8 Å². The molecule has 7 unspecified atom stereocenters. The highest BCUT2D eigenvalue weighted by molar-refractivity contribution is 5.92. The summed E-state index contributed by atoms with van der Waals surface area (Å²) in [6.45, 7) is 7.05. The summed E-state index contributed by atoms with van der Waals surface area (Å²) in [6, 6.07) is 10.4. The molecule has 232 valence electrons.